The van der Waals surface area contributed by atoms with Crippen molar-refractivity contribution >= 4 is 15.9 Å². The molecule has 1 atom stereocenters. The largest absolute Gasteiger partial charge is 0.490 e. The highest BCUT2D eigenvalue weighted by molar-refractivity contribution is 7.91. The van der Waals surface area contributed by atoms with Crippen LogP contribution in [-0.2, 0) is 9.84 Å². The van der Waals surface area contributed by atoms with Crippen molar-refractivity contribution in [3.63, 3.8) is 0 Å². The Hall–Kier alpha value is -1.83. The van der Waals surface area contributed by atoms with Crippen LogP contribution in [0.15, 0.2) is 24.3 Å². The predicted octanol–water partition coefficient (Wildman–Crippen LogP) is 1.08. The summed E-state index contributed by atoms with van der Waals surface area (Å²) < 4.78 is 41.0. The Kier molecular flexibility index (Phi) is 5.59. The molecule has 1 aliphatic heterocycles. The van der Waals surface area contributed by atoms with Gasteiger partial charge in [-0.15, -0.1) is 0 Å². The Morgan fingerprint density at radius 3 is 2.82 bits per heavy atom. The van der Waals surface area contributed by atoms with E-state index in [1.807, 2.05) is 0 Å². The Balaban J connectivity index is 1.59. The van der Waals surface area contributed by atoms with E-state index in [4.69, 9.17) is 4.74 Å². The van der Waals surface area contributed by atoms with Gasteiger partial charge in [-0.05, 0) is 25.0 Å². The summed E-state index contributed by atoms with van der Waals surface area (Å²) in [6, 6.07) is 5.40. The van der Waals surface area contributed by atoms with Crippen LogP contribution in [0.3, 0.4) is 0 Å². The smallest absolute Gasteiger partial charge is 0.315 e. The molecule has 1 heterocycles. The fourth-order valence-corrected chi connectivity index (χ4v) is 3.84. The van der Waals surface area contributed by atoms with Gasteiger partial charge in [-0.2, -0.15) is 0 Å². The fraction of sp³-hybridized carbons (Fsp3) is 0.500. The number of halogens is 1. The van der Waals surface area contributed by atoms with Gasteiger partial charge in [0, 0.05) is 12.6 Å². The summed E-state index contributed by atoms with van der Waals surface area (Å²) in [5, 5.41) is 5.24. The standard InChI is InChI=1S/C14H19FN2O4S/c15-12-4-1-2-5-13(12)21-8-3-7-16-14(18)17-11-6-9-22(19,20)10-11/h1-2,4-5,11H,3,6-10H2,(H2,16,17,18)/t11-/m0/s1. The molecular weight excluding hydrogens is 311 g/mol. The fourth-order valence-electron chi connectivity index (χ4n) is 2.16. The highest BCUT2D eigenvalue weighted by Gasteiger charge is 2.28. The Morgan fingerprint density at radius 2 is 2.14 bits per heavy atom. The molecule has 8 heteroatoms. The van der Waals surface area contributed by atoms with Gasteiger partial charge >= 0.3 is 6.03 Å². The van der Waals surface area contributed by atoms with Crippen LogP contribution in [0, 0.1) is 5.82 Å². The van der Waals surface area contributed by atoms with Gasteiger partial charge in [-0.1, -0.05) is 12.1 Å². The molecule has 2 N–H and O–H groups in total. The molecule has 0 unspecified atom stereocenters. The molecule has 6 nitrogen and oxygen atoms in total. The average molecular weight is 330 g/mol. The number of carbonyl (C=O) groups is 1. The van der Waals surface area contributed by atoms with E-state index in [-0.39, 0.29) is 29.9 Å². The molecule has 1 aliphatic rings. The summed E-state index contributed by atoms with van der Waals surface area (Å²) in [6.07, 6.45) is 0.969. The zero-order valence-electron chi connectivity index (χ0n) is 12.0. The lowest BCUT2D eigenvalue weighted by atomic mass is 10.3. The molecule has 0 bridgehead atoms. The second-order valence-corrected chi connectivity index (χ2v) is 7.36. The SMILES string of the molecule is O=C(NCCCOc1ccccc1F)N[C@H]1CCS(=O)(=O)C1. The normalized spacial score (nSPS) is 19.6. The maximum Gasteiger partial charge on any atom is 0.315 e. The van der Waals surface area contributed by atoms with E-state index in [1.165, 1.54) is 12.1 Å². The number of benzene rings is 1. The Labute approximate surface area is 129 Å². The van der Waals surface area contributed by atoms with E-state index in [9.17, 15) is 17.6 Å². The van der Waals surface area contributed by atoms with Crippen LogP contribution in [0.1, 0.15) is 12.8 Å². The number of para-hydroxylation sites is 1. The summed E-state index contributed by atoms with van der Waals surface area (Å²) in [6.45, 7) is 0.638. The van der Waals surface area contributed by atoms with Gasteiger partial charge in [0.05, 0.1) is 18.1 Å². The van der Waals surface area contributed by atoms with Crippen molar-refractivity contribution in [1.29, 1.82) is 0 Å². The number of rotatable bonds is 6. The van der Waals surface area contributed by atoms with Crippen LogP contribution in [0.5, 0.6) is 5.75 Å². The number of hydrogen-bond acceptors (Lipinski definition) is 4. The summed E-state index contributed by atoms with van der Waals surface area (Å²) in [7, 11) is -3.00. The van der Waals surface area contributed by atoms with Gasteiger partial charge in [0.25, 0.3) is 0 Å². The molecule has 0 aromatic heterocycles. The van der Waals surface area contributed by atoms with Crippen LogP contribution in [0.2, 0.25) is 0 Å². The van der Waals surface area contributed by atoms with Gasteiger partial charge in [0.15, 0.2) is 21.4 Å². The van der Waals surface area contributed by atoms with Gasteiger partial charge in [0.2, 0.25) is 0 Å². The number of urea groups is 1. The molecule has 0 radical (unpaired) electrons. The summed E-state index contributed by atoms with van der Waals surface area (Å²) >= 11 is 0. The third kappa shape index (κ3) is 5.18. The van der Waals surface area contributed by atoms with Crippen molar-refractivity contribution in [3.05, 3.63) is 30.1 Å². The highest BCUT2D eigenvalue weighted by atomic mass is 32.2. The predicted molar refractivity (Wildman–Crippen MR) is 80.1 cm³/mol. The van der Waals surface area contributed by atoms with Gasteiger partial charge in [0.1, 0.15) is 0 Å². The van der Waals surface area contributed by atoms with E-state index >= 15 is 0 Å². The first kappa shape index (κ1) is 16.5. The third-order valence-corrected chi connectivity index (χ3v) is 5.04. The van der Waals surface area contributed by atoms with Crippen LogP contribution >= 0.6 is 0 Å². The molecule has 1 aromatic rings. The van der Waals surface area contributed by atoms with E-state index in [0.29, 0.717) is 19.4 Å². The molecule has 2 amide bonds. The Bertz CT molecular complexity index is 621. The van der Waals surface area contributed by atoms with E-state index in [2.05, 4.69) is 10.6 Å². The second kappa shape index (κ2) is 7.44. The van der Waals surface area contributed by atoms with Gasteiger partial charge in [-0.25, -0.2) is 17.6 Å². The monoisotopic (exact) mass is 330 g/mol. The number of sulfone groups is 1. The molecule has 0 aliphatic carbocycles. The lowest BCUT2D eigenvalue weighted by Crippen LogP contribution is -2.43. The van der Waals surface area contributed by atoms with Crippen molar-refractivity contribution in [2.24, 2.45) is 0 Å². The van der Waals surface area contributed by atoms with Gasteiger partial charge in [-0.3, -0.25) is 0 Å². The second-order valence-electron chi connectivity index (χ2n) is 5.13. The zero-order valence-corrected chi connectivity index (χ0v) is 12.9. The van der Waals surface area contributed by atoms with Crippen molar-refractivity contribution in [2.75, 3.05) is 24.7 Å². The van der Waals surface area contributed by atoms with E-state index in [0.717, 1.165) is 0 Å². The van der Waals surface area contributed by atoms with Crippen molar-refractivity contribution in [3.8, 4) is 5.75 Å². The molecule has 2 rings (SSSR count). The molecule has 122 valence electrons. The molecule has 1 fully saturated rings. The zero-order chi connectivity index (χ0) is 16.0. The lowest BCUT2D eigenvalue weighted by molar-refractivity contribution is 0.236. The quantitative estimate of drug-likeness (QED) is 0.765. The molecule has 22 heavy (non-hydrogen) atoms. The van der Waals surface area contributed by atoms with Crippen LogP contribution < -0.4 is 15.4 Å². The van der Waals surface area contributed by atoms with Crippen molar-refractivity contribution < 1.29 is 22.3 Å². The summed E-state index contributed by atoms with van der Waals surface area (Å²) in [4.78, 5) is 11.6. The number of nitrogens with one attached hydrogen (secondary N) is 2. The lowest BCUT2D eigenvalue weighted by Gasteiger charge is -2.12. The van der Waals surface area contributed by atoms with E-state index in [1.54, 1.807) is 12.1 Å². The average Bonchev–Trinajstić information content (AvgIpc) is 2.79. The first-order valence-corrected chi connectivity index (χ1v) is 8.90. The molecule has 1 aromatic carbocycles. The molecule has 0 spiro atoms. The first-order valence-electron chi connectivity index (χ1n) is 7.08. The molecular formula is C14H19FN2O4S. The highest BCUT2D eigenvalue weighted by Crippen LogP contribution is 2.15. The maximum absolute atomic E-state index is 13.3. The molecule has 0 saturated carbocycles. The topological polar surface area (TPSA) is 84.5 Å². The van der Waals surface area contributed by atoms with Crippen LogP contribution in [-0.4, -0.2) is 45.1 Å². The van der Waals surface area contributed by atoms with Crippen molar-refractivity contribution in [2.45, 2.75) is 18.9 Å². The number of hydrogen-bond donors (Lipinski definition) is 2. The number of ether oxygens (including phenoxy) is 1. The first-order chi connectivity index (χ1) is 10.5. The van der Waals surface area contributed by atoms with Crippen LogP contribution in [0.4, 0.5) is 9.18 Å². The number of amides is 2. The molecule has 1 saturated heterocycles. The van der Waals surface area contributed by atoms with Gasteiger partial charge < -0.3 is 15.4 Å². The summed E-state index contributed by atoms with van der Waals surface area (Å²) in [5.41, 5.74) is 0. The summed E-state index contributed by atoms with van der Waals surface area (Å²) in [5.74, 6) is -0.121. The Morgan fingerprint density at radius 1 is 1.36 bits per heavy atom. The maximum atomic E-state index is 13.3. The minimum Gasteiger partial charge on any atom is -0.490 e. The minimum absolute atomic E-state index is 0.00316. The third-order valence-electron chi connectivity index (χ3n) is 3.27. The number of carbonyl (C=O) groups excluding carboxylic acids is 1. The van der Waals surface area contributed by atoms with E-state index < -0.39 is 21.7 Å². The minimum atomic E-state index is -3.00. The van der Waals surface area contributed by atoms with Crippen LogP contribution in [0.25, 0.3) is 0 Å². The van der Waals surface area contributed by atoms with Crippen molar-refractivity contribution in [1.82, 2.24) is 10.6 Å².